The zero-order valence-corrected chi connectivity index (χ0v) is 7.92. The van der Waals surface area contributed by atoms with Crippen LogP contribution in [0, 0.1) is 0 Å². The predicted molar refractivity (Wildman–Crippen MR) is 40.9 cm³/mol. The zero-order valence-electron chi connectivity index (χ0n) is 6.35. The highest BCUT2D eigenvalue weighted by atomic mass is 35.7. The van der Waals surface area contributed by atoms with Gasteiger partial charge < -0.3 is 9.15 Å². The molecule has 72 valence electrons. The third kappa shape index (κ3) is 2.19. The lowest BCUT2D eigenvalue weighted by Crippen LogP contribution is -2.02. The number of esters is 1. The normalized spacial score (nSPS) is 11.2. The number of halogens is 1. The summed E-state index contributed by atoms with van der Waals surface area (Å²) in [5.41, 5.74) is -0.248. The van der Waals surface area contributed by atoms with Crippen molar-refractivity contribution >= 4 is 25.7 Å². The van der Waals surface area contributed by atoms with Crippen molar-refractivity contribution in [1.82, 2.24) is 4.98 Å². The summed E-state index contributed by atoms with van der Waals surface area (Å²) in [5.74, 6) is -0.796. The molecule has 0 fully saturated rings. The number of hydrogen-bond donors (Lipinski definition) is 0. The van der Waals surface area contributed by atoms with Gasteiger partial charge in [0.05, 0.1) is 7.11 Å². The molecule has 1 heterocycles. The number of methoxy groups -OCH3 is 1. The van der Waals surface area contributed by atoms with Gasteiger partial charge in [0, 0.05) is 10.7 Å². The molecule has 0 spiro atoms. The average Bonchev–Trinajstić information content (AvgIpc) is 2.50. The Kier molecular flexibility index (Phi) is 2.58. The smallest absolute Gasteiger partial charge is 0.360 e. The molecule has 0 saturated heterocycles. The molecule has 0 atom stereocenters. The summed E-state index contributed by atoms with van der Waals surface area (Å²) < 4.78 is 29.9. The first-order valence-corrected chi connectivity index (χ1v) is 5.24. The first-order valence-electron chi connectivity index (χ1n) is 2.93. The van der Waals surface area contributed by atoms with Gasteiger partial charge in [0.25, 0.3) is 0 Å². The van der Waals surface area contributed by atoms with Gasteiger partial charge in [-0.3, -0.25) is 0 Å². The minimum absolute atomic E-state index is 0.248. The molecule has 0 aliphatic heterocycles. The standard InChI is InChI=1S/C5H4ClNO5S/c1-11-4(8)3-2-12-5(7-3)13(6,9)10/h2H,1H3. The summed E-state index contributed by atoms with van der Waals surface area (Å²) in [5, 5.41) is -0.727. The van der Waals surface area contributed by atoms with Crippen molar-refractivity contribution in [3.8, 4) is 0 Å². The molecule has 1 aromatic heterocycles. The lowest BCUT2D eigenvalue weighted by atomic mass is 10.5. The first-order chi connectivity index (χ1) is 5.95. The van der Waals surface area contributed by atoms with Gasteiger partial charge in [-0.15, -0.1) is 0 Å². The van der Waals surface area contributed by atoms with Gasteiger partial charge in [-0.1, -0.05) is 0 Å². The molecule has 0 bridgehead atoms. The number of hydrogen-bond acceptors (Lipinski definition) is 6. The Hall–Kier alpha value is -1.08. The topological polar surface area (TPSA) is 86.5 Å². The Morgan fingerprint density at radius 1 is 1.69 bits per heavy atom. The van der Waals surface area contributed by atoms with Gasteiger partial charge in [-0.2, -0.15) is 4.98 Å². The number of carbonyl (C=O) groups excluding carboxylic acids is 1. The fourth-order valence-electron chi connectivity index (χ4n) is 0.568. The van der Waals surface area contributed by atoms with Crippen molar-refractivity contribution in [1.29, 1.82) is 0 Å². The number of oxazole rings is 1. The molecule has 8 heteroatoms. The van der Waals surface area contributed by atoms with Crippen LogP contribution in [-0.4, -0.2) is 26.5 Å². The Morgan fingerprint density at radius 3 is 2.69 bits per heavy atom. The molecule has 0 N–H and O–H groups in total. The van der Waals surface area contributed by atoms with Crippen LogP contribution >= 0.6 is 10.7 Å². The third-order valence-corrected chi connectivity index (χ3v) is 2.09. The SMILES string of the molecule is COC(=O)c1coc(S(=O)(=O)Cl)n1. The van der Waals surface area contributed by atoms with Crippen LogP contribution in [0.5, 0.6) is 0 Å². The number of rotatable bonds is 2. The second kappa shape index (κ2) is 3.35. The van der Waals surface area contributed by atoms with Crippen LogP contribution in [0.4, 0.5) is 0 Å². The molecule has 6 nitrogen and oxygen atoms in total. The Balaban J connectivity index is 3.07. The lowest BCUT2D eigenvalue weighted by molar-refractivity contribution is 0.0594. The molecule has 0 aliphatic rings. The van der Waals surface area contributed by atoms with Crippen molar-refractivity contribution in [3.05, 3.63) is 12.0 Å². The van der Waals surface area contributed by atoms with E-state index in [9.17, 15) is 13.2 Å². The maximum absolute atomic E-state index is 10.8. The van der Waals surface area contributed by atoms with Crippen molar-refractivity contribution in [2.24, 2.45) is 0 Å². The van der Waals surface area contributed by atoms with E-state index >= 15 is 0 Å². The summed E-state index contributed by atoms with van der Waals surface area (Å²) in [6.07, 6.45) is 0.848. The minimum atomic E-state index is -4.04. The van der Waals surface area contributed by atoms with Crippen LogP contribution in [-0.2, 0) is 13.8 Å². The molecule has 0 amide bonds. The zero-order chi connectivity index (χ0) is 10.1. The highest BCUT2D eigenvalue weighted by Gasteiger charge is 2.20. The molecule has 0 saturated carbocycles. The van der Waals surface area contributed by atoms with E-state index in [0.717, 1.165) is 13.4 Å². The van der Waals surface area contributed by atoms with Crippen molar-refractivity contribution in [3.63, 3.8) is 0 Å². The Labute approximate surface area is 77.9 Å². The highest BCUT2D eigenvalue weighted by molar-refractivity contribution is 8.13. The van der Waals surface area contributed by atoms with E-state index in [2.05, 4.69) is 14.1 Å². The highest BCUT2D eigenvalue weighted by Crippen LogP contribution is 2.13. The Morgan fingerprint density at radius 2 is 2.31 bits per heavy atom. The number of aromatic nitrogens is 1. The molecule has 0 aromatic carbocycles. The van der Waals surface area contributed by atoms with Crippen molar-refractivity contribution < 1.29 is 22.4 Å². The van der Waals surface area contributed by atoms with Gasteiger partial charge in [0.15, 0.2) is 5.69 Å². The quantitative estimate of drug-likeness (QED) is 0.535. The minimum Gasteiger partial charge on any atom is -0.464 e. The first kappa shape index (κ1) is 10.0. The average molecular weight is 226 g/mol. The van der Waals surface area contributed by atoms with Crippen LogP contribution in [0.2, 0.25) is 0 Å². The van der Waals surface area contributed by atoms with Gasteiger partial charge in [0.1, 0.15) is 6.26 Å². The summed E-state index contributed by atoms with van der Waals surface area (Å²) in [7, 11) is 1.98. The summed E-state index contributed by atoms with van der Waals surface area (Å²) in [6.45, 7) is 0. The van der Waals surface area contributed by atoms with Crippen molar-refractivity contribution in [2.45, 2.75) is 5.22 Å². The Bertz CT molecular complexity index is 422. The maximum Gasteiger partial charge on any atom is 0.360 e. The van der Waals surface area contributed by atoms with Crippen LogP contribution < -0.4 is 0 Å². The number of nitrogens with zero attached hydrogens (tertiary/aromatic N) is 1. The van der Waals surface area contributed by atoms with Gasteiger partial charge in [-0.25, -0.2) is 13.2 Å². The van der Waals surface area contributed by atoms with E-state index in [1.807, 2.05) is 0 Å². The van der Waals surface area contributed by atoms with E-state index in [-0.39, 0.29) is 5.69 Å². The fraction of sp³-hybridized carbons (Fsp3) is 0.200. The second-order valence-electron chi connectivity index (χ2n) is 1.93. The second-order valence-corrected chi connectivity index (χ2v) is 4.37. The summed E-state index contributed by atoms with van der Waals surface area (Å²) in [6, 6.07) is 0. The van der Waals surface area contributed by atoms with E-state index in [0.29, 0.717) is 0 Å². The molecule has 0 aliphatic carbocycles. The molecule has 0 unspecified atom stereocenters. The number of ether oxygens (including phenoxy) is 1. The predicted octanol–water partition coefficient (Wildman–Crippen LogP) is 0.389. The molecule has 1 rings (SSSR count). The number of carbonyl (C=O) groups is 1. The molecule has 13 heavy (non-hydrogen) atoms. The fourth-order valence-corrected chi connectivity index (χ4v) is 1.15. The van der Waals surface area contributed by atoms with E-state index in [4.69, 9.17) is 10.7 Å². The van der Waals surface area contributed by atoms with Crippen LogP contribution in [0.1, 0.15) is 10.5 Å². The van der Waals surface area contributed by atoms with Gasteiger partial charge in [0.2, 0.25) is 0 Å². The summed E-state index contributed by atoms with van der Waals surface area (Å²) >= 11 is 0. The van der Waals surface area contributed by atoms with Crippen LogP contribution in [0.25, 0.3) is 0 Å². The molecular weight excluding hydrogens is 222 g/mol. The summed E-state index contributed by atoms with van der Waals surface area (Å²) in [4.78, 5) is 14.1. The van der Waals surface area contributed by atoms with E-state index in [1.54, 1.807) is 0 Å². The van der Waals surface area contributed by atoms with Gasteiger partial charge in [-0.05, 0) is 0 Å². The molecule has 1 aromatic rings. The van der Waals surface area contributed by atoms with Gasteiger partial charge >= 0.3 is 20.2 Å². The molecular formula is C5H4ClNO5S. The largest absolute Gasteiger partial charge is 0.464 e. The maximum atomic E-state index is 10.8. The van der Waals surface area contributed by atoms with Crippen molar-refractivity contribution in [2.75, 3.05) is 7.11 Å². The van der Waals surface area contributed by atoms with E-state index in [1.165, 1.54) is 0 Å². The van der Waals surface area contributed by atoms with E-state index < -0.39 is 20.2 Å². The van der Waals surface area contributed by atoms with Crippen LogP contribution in [0.15, 0.2) is 15.9 Å². The molecule has 0 radical (unpaired) electrons. The van der Waals surface area contributed by atoms with Crippen LogP contribution in [0.3, 0.4) is 0 Å². The lowest BCUT2D eigenvalue weighted by Gasteiger charge is -1.89. The monoisotopic (exact) mass is 225 g/mol. The third-order valence-electron chi connectivity index (χ3n) is 1.09.